The number of hydrogen-bond donors (Lipinski definition) is 1. The Labute approximate surface area is 162 Å². The summed E-state index contributed by atoms with van der Waals surface area (Å²) in [6.45, 7) is 4.03. The van der Waals surface area contributed by atoms with E-state index in [1.807, 2.05) is 61.5 Å². The number of aryl methyl sites for hydroxylation is 1. The summed E-state index contributed by atoms with van der Waals surface area (Å²) in [7, 11) is 0. The van der Waals surface area contributed by atoms with Gasteiger partial charge in [-0.25, -0.2) is 9.78 Å². The minimum absolute atomic E-state index is 0.178. The summed E-state index contributed by atoms with van der Waals surface area (Å²) in [5, 5.41) is 3.18. The number of amides is 1. The van der Waals surface area contributed by atoms with Crippen molar-refractivity contribution in [3.63, 3.8) is 0 Å². The zero-order valence-corrected chi connectivity index (χ0v) is 16.0. The minimum Gasteiger partial charge on any atom is -0.462 e. The van der Waals surface area contributed by atoms with Crippen LogP contribution in [0.1, 0.15) is 27.7 Å². The number of hydrogen-bond acceptors (Lipinski definition) is 5. The third kappa shape index (κ3) is 4.80. The molecule has 0 bridgehead atoms. The monoisotopic (exact) mass is 380 g/mol. The van der Waals surface area contributed by atoms with Crippen molar-refractivity contribution < 1.29 is 14.3 Å². The van der Waals surface area contributed by atoms with Gasteiger partial charge in [0.25, 0.3) is 0 Å². The van der Waals surface area contributed by atoms with Gasteiger partial charge in [-0.2, -0.15) is 0 Å². The fourth-order valence-electron chi connectivity index (χ4n) is 2.56. The maximum atomic E-state index is 12.4. The highest BCUT2D eigenvalue weighted by Gasteiger charge is 2.21. The van der Waals surface area contributed by atoms with Crippen molar-refractivity contribution >= 4 is 28.3 Å². The van der Waals surface area contributed by atoms with E-state index in [0.29, 0.717) is 15.7 Å². The lowest BCUT2D eigenvalue weighted by molar-refractivity contribution is -0.115. The standard InChI is InChI=1S/C21H20N2O3S/c1-3-26-20(25)19-18(16-7-5-4-6-8-16)23-21(27-19)22-17(24)13-15-11-9-14(2)10-12-15/h4-12H,3,13H2,1-2H3,(H,22,23,24). The molecule has 0 aliphatic heterocycles. The Kier molecular flexibility index (Phi) is 5.98. The number of aromatic nitrogens is 1. The first-order valence-electron chi connectivity index (χ1n) is 8.65. The van der Waals surface area contributed by atoms with Gasteiger partial charge in [0.05, 0.1) is 18.7 Å². The predicted octanol–water partition coefficient (Wildman–Crippen LogP) is 4.48. The molecule has 3 aromatic rings. The van der Waals surface area contributed by atoms with Crippen LogP contribution >= 0.6 is 11.3 Å². The van der Waals surface area contributed by atoms with Crippen molar-refractivity contribution in [2.24, 2.45) is 0 Å². The maximum Gasteiger partial charge on any atom is 0.350 e. The van der Waals surface area contributed by atoms with Crippen LogP contribution < -0.4 is 5.32 Å². The Hall–Kier alpha value is -2.99. The summed E-state index contributed by atoms with van der Waals surface area (Å²) in [4.78, 5) is 29.5. The molecule has 0 unspecified atom stereocenters. The third-order valence-electron chi connectivity index (χ3n) is 3.87. The van der Waals surface area contributed by atoms with Crippen LogP contribution in [-0.4, -0.2) is 23.5 Å². The molecule has 1 N–H and O–H groups in total. The second kappa shape index (κ2) is 8.60. The largest absolute Gasteiger partial charge is 0.462 e. The molecule has 0 fully saturated rings. The molecule has 5 nitrogen and oxygen atoms in total. The normalized spacial score (nSPS) is 10.4. The molecule has 0 radical (unpaired) electrons. The van der Waals surface area contributed by atoms with Crippen LogP contribution in [0.15, 0.2) is 54.6 Å². The molecule has 0 spiro atoms. The molecule has 1 heterocycles. The first-order valence-corrected chi connectivity index (χ1v) is 9.47. The number of anilines is 1. The lowest BCUT2D eigenvalue weighted by Crippen LogP contribution is -2.14. The molecule has 0 saturated heterocycles. The summed E-state index contributed by atoms with van der Waals surface area (Å²) < 4.78 is 5.13. The van der Waals surface area contributed by atoms with E-state index < -0.39 is 5.97 Å². The SMILES string of the molecule is CCOC(=O)c1sc(NC(=O)Cc2ccc(C)cc2)nc1-c1ccccc1. The van der Waals surface area contributed by atoms with E-state index in [9.17, 15) is 9.59 Å². The lowest BCUT2D eigenvalue weighted by Gasteiger charge is -2.02. The molecule has 1 amide bonds. The zero-order valence-electron chi connectivity index (χ0n) is 15.2. The molecule has 1 aromatic heterocycles. The van der Waals surface area contributed by atoms with Crippen molar-refractivity contribution in [2.75, 3.05) is 11.9 Å². The Morgan fingerprint density at radius 2 is 1.78 bits per heavy atom. The first kappa shape index (κ1) is 18.8. The van der Waals surface area contributed by atoms with Crippen LogP contribution in [0, 0.1) is 6.92 Å². The number of thiazole rings is 1. The second-order valence-corrected chi connectivity index (χ2v) is 6.99. The van der Waals surface area contributed by atoms with Crippen LogP contribution in [0.3, 0.4) is 0 Å². The summed E-state index contributed by atoms with van der Waals surface area (Å²) >= 11 is 1.13. The average Bonchev–Trinajstić information content (AvgIpc) is 3.08. The van der Waals surface area contributed by atoms with Gasteiger partial charge in [0.15, 0.2) is 5.13 Å². The molecule has 0 aliphatic carbocycles. The van der Waals surface area contributed by atoms with Crippen molar-refractivity contribution in [1.82, 2.24) is 4.98 Å². The van der Waals surface area contributed by atoms with Crippen LogP contribution in [0.25, 0.3) is 11.3 Å². The summed E-state index contributed by atoms with van der Waals surface area (Å²) in [5.74, 6) is -0.615. The molecule has 0 saturated carbocycles. The smallest absolute Gasteiger partial charge is 0.350 e. The maximum absolute atomic E-state index is 12.4. The van der Waals surface area contributed by atoms with Gasteiger partial charge >= 0.3 is 5.97 Å². The number of rotatable bonds is 6. The van der Waals surface area contributed by atoms with Crippen molar-refractivity contribution in [3.8, 4) is 11.3 Å². The topological polar surface area (TPSA) is 68.3 Å². The van der Waals surface area contributed by atoms with Gasteiger partial charge in [-0.15, -0.1) is 0 Å². The number of nitrogens with one attached hydrogen (secondary N) is 1. The first-order chi connectivity index (χ1) is 13.1. The molecule has 0 atom stereocenters. The number of carbonyl (C=O) groups excluding carboxylic acids is 2. The Morgan fingerprint density at radius 1 is 1.07 bits per heavy atom. The van der Waals surface area contributed by atoms with E-state index in [1.54, 1.807) is 6.92 Å². The van der Waals surface area contributed by atoms with E-state index in [0.717, 1.165) is 28.0 Å². The summed E-state index contributed by atoms with van der Waals surface area (Å²) in [6.07, 6.45) is 0.245. The molecule has 0 aliphatic rings. The Bertz CT molecular complexity index is 934. The number of esters is 1. The molecule has 6 heteroatoms. The van der Waals surface area contributed by atoms with Crippen LogP contribution in [0.2, 0.25) is 0 Å². The number of ether oxygens (including phenoxy) is 1. The van der Waals surface area contributed by atoms with Crippen molar-refractivity contribution in [3.05, 3.63) is 70.6 Å². The van der Waals surface area contributed by atoms with Gasteiger partial charge in [-0.3, -0.25) is 4.79 Å². The molecular weight excluding hydrogens is 360 g/mol. The minimum atomic E-state index is -0.437. The molecule has 2 aromatic carbocycles. The van der Waals surface area contributed by atoms with Gasteiger partial charge in [0, 0.05) is 5.56 Å². The van der Waals surface area contributed by atoms with E-state index in [-0.39, 0.29) is 18.9 Å². The fraction of sp³-hybridized carbons (Fsp3) is 0.190. The Balaban J connectivity index is 1.82. The number of carbonyl (C=O) groups is 2. The second-order valence-electron chi connectivity index (χ2n) is 5.99. The van der Waals surface area contributed by atoms with Crippen LogP contribution in [0.5, 0.6) is 0 Å². The van der Waals surface area contributed by atoms with E-state index in [4.69, 9.17) is 4.74 Å². The fourth-order valence-corrected chi connectivity index (χ4v) is 3.45. The highest BCUT2D eigenvalue weighted by atomic mass is 32.1. The van der Waals surface area contributed by atoms with Crippen LogP contribution in [0.4, 0.5) is 5.13 Å². The van der Waals surface area contributed by atoms with Gasteiger partial charge < -0.3 is 10.1 Å². The lowest BCUT2D eigenvalue weighted by atomic mass is 10.1. The zero-order chi connectivity index (χ0) is 19.2. The van der Waals surface area contributed by atoms with Crippen molar-refractivity contribution in [1.29, 1.82) is 0 Å². The quantitative estimate of drug-likeness (QED) is 0.641. The van der Waals surface area contributed by atoms with E-state index in [1.165, 1.54) is 0 Å². The van der Waals surface area contributed by atoms with Gasteiger partial charge in [-0.1, -0.05) is 71.5 Å². The molecule has 138 valence electrons. The van der Waals surface area contributed by atoms with Crippen LogP contribution in [-0.2, 0) is 16.0 Å². The van der Waals surface area contributed by atoms with E-state index >= 15 is 0 Å². The van der Waals surface area contributed by atoms with Gasteiger partial charge in [-0.05, 0) is 19.4 Å². The number of benzene rings is 2. The molecule has 3 rings (SSSR count). The summed E-state index contributed by atoms with van der Waals surface area (Å²) in [5.41, 5.74) is 3.38. The third-order valence-corrected chi connectivity index (χ3v) is 4.82. The number of nitrogens with zero attached hydrogens (tertiary/aromatic N) is 1. The van der Waals surface area contributed by atoms with Crippen molar-refractivity contribution in [2.45, 2.75) is 20.3 Å². The van der Waals surface area contributed by atoms with Gasteiger partial charge in [0.2, 0.25) is 5.91 Å². The Morgan fingerprint density at radius 3 is 2.44 bits per heavy atom. The van der Waals surface area contributed by atoms with Gasteiger partial charge in [0.1, 0.15) is 4.88 Å². The average molecular weight is 380 g/mol. The molecule has 27 heavy (non-hydrogen) atoms. The molecular formula is C21H20N2O3S. The highest BCUT2D eigenvalue weighted by Crippen LogP contribution is 2.31. The predicted molar refractivity (Wildman–Crippen MR) is 107 cm³/mol. The summed E-state index contributed by atoms with van der Waals surface area (Å²) in [6, 6.07) is 17.2. The highest BCUT2D eigenvalue weighted by molar-refractivity contribution is 7.18. The van der Waals surface area contributed by atoms with E-state index in [2.05, 4.69) is 10.3 Å².